The highest BCUT2D eigenvalue weighted by atomic mass is 35.5. The van der Waals surface area contributed by atoms with Gasteiger partial charge in [-0.1, -0.05) is 29.8 Å². The van der Waals surface area contributed by atoms with Crippen molar-refractivity contribution in [2.75, 3.05) is 5.32 Å². The number of fused-ring (bicyclic) bond motifs is 1. The van der Waals surface area contributed by atoms with Gasteiger partial charge in [-0.3, -0.25) is 9.59 Å². The standard InChI is InChI=1S/C17H13ClN2O3/c1-20-9-13(11-4-2-3-5-12(11)17(20)23)16(22)19-14-8-10(18)6-7-15(14)21/h2-9,21H,1H3,(H,19,22). The number of nitrogens with zero attached hydrogens (tertiary/aromatic N) is 1. The lowest BCUT2D eigenvalue weighted by Gasteiger charge is -2.11. The monoisotopic (exact) mass is 328 g/mol. The number of carbonyl (C=O) groups excluding carboxylic acids is 1. The number of amides is 1. The van der Waals surface area contributed by atoms with Crippen molar-refractivity contribution in [2.45, 2.75) is 0 Å². The first kappa shape index (κ1) is 15.1. The predicted molar refractivity (Wildman–Crippen MR) is 90.3 cm³/mol. The van der Waals surface area contributed by atoms with Crippen LogP contribution in [0.15, 0.2) is 53.5 Å². The highest BCUT2D eigenvalue weighted by molar-refractivity contribution is 6.31. The number of phenols is 1. The third-order valence-corrected chi connectivity index (χ3v) is 3.78. The van der Waals surface area contributed by atoms with E-state index in [0.29, 0.717) is 21.4 Å². The number of aryl methyl sites for hydroxylation is 1. The molecule has 3 rings (SSSR count). The van der Waals surface area contributed by atoms with Crippen LogP contribution in [0.4, 0.5) is 5.69 Å². The van der Waals surface area contributed by atoms with Crippen LogP contribution in [0.3, 0.4) is 0 Å². The lowest BCUT2D eigenvalue weighted by Crippen LogP contribution is -2.21. The summed E-state index contributed by atoms with van der Waals surface area (Å²) in [6.07, 6.45) is 1.47. The fourth-order valence-corrected chi connectivity index (χ4v) is 2.57. The van der Waals surface area contributed by atoms with Gasteiger partial charge in [0.2, 0.25) is 0 Å². The molecule has 0 saturated carbocycles. The number of aromatic hydroxyl groups is 1. The smallest absolute Gasteiger partial charge is 0.258 e. The molecule has 0 unspecified atom stereocenters. The van der Waals surface area contributed by atoms with Gasteiger partial charge in [0.25, 0.3) is 11.5 Å². The normalized spacial score (nSPS) is 10.7. The number of nitrogens with one attached hydrogen (secondary N) is 1. The van der Waals surface area contributed by atoms with Gasteiger partial charge in [-0.05, 0) is 24.3 Å². The average molecular weight is 329 g/mol. The fourth-order valence-electron chi connectivity index (χ4n) is 2.40. The maximum Gasteiger partial charge on any atom is 0.258 e. The minimum absolute atomic E-state index is 0.0862. The van der Waals surface area contributed by atoms with Crippen molar-refractivity contribution in [2.24, 2.45) is 7.05 Å². The Morgan fingerprint density at radius 1 is 1.17 bits per heavy atom. The summed E-state index contributed by atoms with van der Waals surface area (Å²) in [6.45, 7) is 0. The Kier molecular flexibility index (Phi) is 3.80. The van der Waals surface area contributed by atoms with E-state index < -0.39 is 5.91 Å². The average Bonchev–Trinajstić information content (AvgIpc) is 2.54. The Balaban J connectivity index is 2.10. The van der Waals surface area contributed by atoms with Gasteiger partial charge in [0.15, 0.2) is 0 Å². The van der Waals surface area contributed by atoms with Crippen molar-refractivity contribution in [1.82, 2.24) is 4.57 Å². The fraction of sp³-hybridized carbons (Fsp3) is 0.0588. The summed E-state index contributed by atoms with van der Waals surface area (Å²) < 4.78 is 1.36. The molecule has 0 fully saturated rings. The van der Waals surface area contributed by atoms with Crippen molar-refractivity contribution < 1.29 is 9.90 Å². The number of benzene rings is 2. The first-order valence-electron chi connectivity index (χ1n) is 6.85. The summed E-state index contributed by atoms with van der Waals surface area (Å²) in [5.41, 5.74) is 0.366. The van der Waals surface area contributed by atoms with Crippen molar-refractivity contribution in [3.8, 4) is 5.75 Å². The SMILES string of the molecule is Cn1cc(C(=O)Nc2cc(Cl)ccc2O)c2ccccc2c1=O. The number of anilines is 1. The Morgan fingerprint density at radius 3 is 2.61 bits per heavy atom. The molecular weight excluding hydrogens is 316 g/mol. The molecule has 0 spiro atoms. The van der Waals surface area contributed by atoms with Crippen LogP contribution in [0.1, 0.15) is 10.4 Å². The van der Waals surface area contributed by atoms with E-state index in [1.807, 2.05) is 0 Å². The predicted octanol–water partition coefficient (Wildman–Crippen LogP) is 3.15. The first-order chi connectivity index (χ1) is 11.0. The van der Waals surface area contributed by atoms with Gasteiger partial charge in [-0.2, -0.15) is 0 Å². The van der Waals surface area contributed by atoms with Gasteiger partial charge < -0.3 is 15.0 Å². The second-order valence-electron chi connectivity index (χ2n) is 5.12. The zero-order valence-corrected chi connectivity index (χ0v) is 13.0. The van der Waals surface area contributed by atoms with E-state index >= 15 is 0 Å². The lowest BCUT2D eigenvalue weighted by atomic mass is 10.1. The highest BCUT2D eigenvalue weighted by Crippen LogP contribution is 2.27. The molecular formula is C17H13ClN2O3. The Hall–Kier alpha value is -2.79. The van der Waals surface area contributed by atoms with Crippen LogP contribution in [0, 0.1) is 0 Å². The molecule has 0 aliphatic rings. The van der Waals surface area contributed by atoms with E-state index in [9.17, 15) is 14.7 Å². The van der Waals surface area contributed by atoms with Gasteiger partial charge >= 0.3 is 0 Å². The molecule has 6 heteroatoms. The molecule has 116 valence electrons. The maximum atomic E-state index is 12.6. The summed E-state index contributed by atoms with van der Waals surface area (Å²) >= 11 is 5.88. The molecule has 5 nitrogen and oxygen atoms in total. The van der Waals surface area contributed by atoms with E-state index in [-0.39, 0.29) is 17.0 Å². The van der Waals surface area contributed by atoms with E-state index in [1.54, 1.807) is 31.3 Å². The van der Waals surface area contributed by atoms with E-state index in [0.717, 1.165) is 0 Å². The van der Waals surface area contributed by atoms with Gasteiger partial charge in [-0.25, -0.2) is 0 Å². The number of aromatic nitrogens is 1. The molecule has 2 aromatic carbocycles. The van der Waals surface area contributed by atoms with Crippen LogP contribution in [-0.2, 0) is 7.05 Å². The van der Waals surface area contributed by atoms with Crippen molar-refractivity contribution in [3.63, 3.8) is 0 Å². The Labute approximate surface area is 136 Å². The molecule has 0 atom stereocenters. The minimum Gasteiger partial charge on any atom is -0.506 e. The zero-order chi connectivity index (χ0) is 16.6. The lowest BCUT2D eigenvalue weighted by molar-refractivity contribution is 0.102. The van der Waals surface area contributed by atoms with Crippen LogP contribution in [-0.4, -0.2) is 15.6 Å². The largest absolute Gasteiger partial charge is 0.506 e. The number of phenolic OH excluding ortho intramolecular Hbond substituents is 1. The van der Waals surface area contributed by atoms with Crippen LogP contribution in [0.25, 0.3) is 10.8 Å². The maximum absolute atomic E-state index is 12.6. The zero-order valence-electron chi connectivity index (χ0n) is 12.2. The second kappa shape index (κ2) is 5.78. The van der Waals surface area contributed by atoms with Crippen molar-refractivity contribution in [1.29, 1.82) is 0 Å². The third kappa shape index (κ3) is 2.78. The van der Waals surface area contributed by atoms with Gasteiger partial charge in [0, 0.05) is 29.0 Å². The van der Waals surface area contributed by atoms with Gasteiger partial charge in [-0.15, -0.1) is 0 Å². The molecule has 1 aromatic heterocycles. The minimum atomic E-state index is -0.436. The van der Waals surface area contributed by atoms with E-state index in [1.165, 1.54) is 29.0 Å². The number of hydrogen-bond donors (Lipinski definition) is 2. The van der Waals surface area contributed by atoms with Crippen LogP contribution >= 0.6 is 11.6 Å². The summed E-state index contributed by atoms with van der Waals surface area (Å²) in [5, 5.41) is 13.8. The molecule has 0 radical (unpaired) electrons. The van der Waals surface area contributed by atoms with E-state index in [4.69, 9.17) is 11.6 Å². The third-order valence-electron chi connectivity index (χ3n) is 3.54. The Morgan fingerprint density at radius 2 is 1.87 bits per heavy atom. The molecule has 2 N–H and O–H groups in total. The topological polar surface area (TPSA) is 71.3 Å². The van der Waals surface area contributed by atoms with E-state index in [2.05, 4.69) is 5.32 Å². The summed E-state index contributed by atoms with van der Waals surface area (Å²) in [6, 6.07) is 11.3. The van der Waals surface area contributed by atoms with Crippen molar-refractivity contribution in [3.05, 3.63) is 69.6 Å². The first-order valence-corrected chi connectivity index (χ1v) is 7.23. The van der Waals surface area contributed by atoms with Crippen LogP contribution in [0.2, 0.25) is 5.02 Å². The molecule has 1 amide bonds. The second-order valence-corrected chi connectivity index (χ2v) is 5.56. The molecule has 3 aromatic rings. The summed E-state index contributed by atoms with van der Waals surface area (Å²) in [4.78, 5) is 24.7. The summed E-state index contributed by atoms with van der Waals surface area (Å²) in [7, 11) is 1.59. The number of rotatable bonds is 2. The van der Waals surface area contributed by atoms with Crippen LogP contribution in [0.5, 0.6) is 5.75 Å². The summed E-state index contributed by atoms with van der Waals surface area (Å²) in [5.74, 6) is -0.522. The number of halogens is 1. The molecule has 0 aliphatic heterocycles. The van der Waals surface area contributed by atoms with Gasteiger partial charge in [0.05, 0.1) is 11.3 Å². The quantitative estimate of drug-likeness (QED) is 0.710. The molecule has 23 heavy (non-hydrogen) atoms. The molecule has 0 saturated heterocycles. The molecule has 0 bridgehead atoms. The number of carbonyl (C=O) groups is 1. The van der Waals surface area contributed by atoms with Crippen molar-refractivity contribution >= 4 is 34.0 Å². The molecule has 0 aliphatic carbocycles. The molecule has 1 heterocycles. The highest BCUT2D eigenvalue weighted by Gasteiger charge is 2.15. The number of hydrogen-bond acceptors (Lipinski definition) is 3. The van der Waals surface area contributed by atoms with Crippen LogP contribution < -0.4 is 10.9 Å². The number of pyridine rings is 1. The van der Waals surface area contributed by atoms with Gasteiger partial charge in [0.1, 0.15) is 5.75 Å². The Bertz CT molecular complexity index is 979.